The number of aromatic nitrogens is 2. The van der Waals surface area contributed by atoms with Gasteiger partial charge in [0.25, 0.3) is 11.8 Å². The summed E-state index contributed by atoms with van der Waals surface area (Å²) in [5, 5.41) is 3.33. The molecule has 0 aliphatic carbocycles. The highest BCUT2D eigenvalue weighted by molar-refractivity contribution is 8.00. The van der Waals surface area contributed by atoms with Crippen molar-refractivity contribution < 1.29 is 14.0 Å². The van der Waals surface area contributed by atoms with E-state index in [2.05, 4.69) is 15.3 Å². The van der Waals surface area contributed by atoms with Crippen LogP contribution in [0.1, 0.15) is 26.7 Å². The van der Waals surface area contributed by atoms with Gasteiger partial charge in [0.1, 0.15) is 0 Å². The van der Waals surface area contributed by atoms with Crippen molar-refractivity contribution in [3.05, 3.63) is 70.1 Å². The van der Waals surface area contributed by atoms with Crippen LogP contribution < -0.4 is 5.32 Å². The van der Waals surface area contributed by atoms with Crippen LogP contribution in [0.3, 0.4) is 0 Å². The minimum atomic E-state index is -0.226. The third kappa shape index (κ3) is 4.36. The smallest absolute Gasteiger partial charge is 0.277 e. The number of hydrogen-bond acceptors (Lipinski definition) is 7. The molecule has 0 spiro atoms. The van der Waals surface area contributed by atoms with Gasteiger partial charge < -0.3 is 14.6 Å². The third-order valence-corrected chi connectivity index (χ3v) is 7.65. The van der Waals surface area contributed by atoms with Gasteiger partial charge in [0, 0.05) is 36.4 Å². The molecule has 168 valence electrons. The lowest BCUT2D eigenvalue weighted by Crippen LogP contribution is -2.42. The Morgan fingerprint density at radius 2 is 2.12 bits per heavy atom. The standard InChI is InChI=1S/C23H19ClN4O3S2/c1-13-27-19(20(31-13)14-4-2-5-15(24)10-14)23(30)28-8-9-32-18(28)11-25-22(29)16-6-3-7-17-21(16)33-12-26-17/h2-7,10,12,18H,8-9,11H2,1H3,(H,25,29). The van der Waals surface area contributed by atoms with E-state index in [1.54, 1.807) is 53.4 Å². The SMILES string of the molecule is Cc1nc(C(=O)N2CCSC2CNC(=O)c2cccc3ncsc23)c(-c2cccc(Cl)c2)o1. The van der Waals surface area contributed by atoms with E-state index in [0.29, 0.717) is 40.9 Å². The normalized spacial score (nSPS) is 15.8. The second-order valence-corrected chi connectivity index (χ2v) is 10.0. The highest BCUT2D eigenvalue weighted by Gasteiger charge is 2.34. The molecule has 2 aromatic carbocycles. The van der Waals surface area contributed by atoms with E-state index in [9.17, 15) is 9.59 Å². The molecule has 1 fully saturated rings. The van der Waals surface area contributed by atoms with Gasteiger partial charge in [-0.05, 0) is 24.3 Å². The molecule has 7 nitrogen and oxygen atoms in total. The van der Waals surface area contributed by atoms with Gasteiger partial charge in [-0.25, -0.2) is 9.97 Å². The Labute approximate surface area is 203 Å². The predicted octanol–water partition coefficient (Wildman–Crippen LogP) is 4.86. The van der Waals surface area contributed by atoms with Crippen LogP contribution in [0, 0.1) is 6.92 Å². The molecule has 10 heteroatoms. The number of halogens is 1. The number of benzene rings is 2. The predicted molar refractivity (Wildman–Crippen MR) is 131 cm³/mol. The molecule has 1 N–H and O–H groups in total. The van der Waals surface area contributed by atoms with Crippen LogP contribution in [0.2, 0.25) is 5.02 Å². The Bertz CT molecular complexity index is 1350. The molecule has 0 bridgehead atoms. The molecular formula is C23H19ClN4O3S2. The minimum absolute atomic E-state index is 0.179. The van der Waals surface area contributed by atoms with Gasteiger partial charge in [-0.3, -0.25) is 9.59 Å². The lowest BCUT2D eigenvalue weighted by atomic mass is 10.1. The van der Waals surface area contributed by atoms with Crippen molar-refractivity contribution in [1.82, 2.24) is 20.2 Å². The Morgan fingerprint density at radius 1 is 1.27 bits per heavy atom. The van der Waals surface area contributed by atoms with Gasteiger partial charge in [-0.15, -0.1) is 23.1 Å². The fraction of sp³-hybridized carbons (Fsp3) is 0.217. The summed E-state index contributed by atoms with van der Waals surface area (Å²) in [6.07, 6.45) is 0. The van der Waals surface area contributed by atoms with Gasteiger partial charge in [0.05, 0.1) is 26.7 Å². The van der Waals surface area contributed by atoms with Crippen LogP contribution in [0.15, 0.2) is 52.4 Å². The number of nitrogens with one attached hydrogen (secondary N) is 1. The van der Waals surface area contributed by atoms with Gasteiger partial charge in [-0.1, -0.05) is 29.8 Å². The van der Waals surface area contributed by atoms with Gasteiger partial charge in [0.15, 0.2) is 17.3 Å². The van der Waals surface area contributed by atoms with Crippen molar-refractivity contribution >= 4 is 56.7 Å². The number of rotatable bonds is 5. The molecule has 0 saturated carbocycles. The molecule has 0 radical (unpaired) electrons. The number of amides is 2. The molecule has 4 aromatic rings. The molecule has 5 rings (SSSR count). The number of hydrogen-bond donors (Lipinski definition) is 1. The van der Waals surface area contributed by atoms with Crippen LogP contribution >= 0.6 is 34.7 Å². The number of nitrogens with zero attached hydrogens (tertiary/aromatic N) is 3. The number of carbonyl (C=O) groups is 2. The highest BCUT2D eigenvalue weighted by Crippen LogP contribution is 2.31. The summed E-state index contributed by atoms with van der Waals surface area (Å²) in [5.74, 6) is 1.18. The molecular weight excluding hydrogens is 480 g/mol. The number of carbonyl (C=O) groups excluding carboxylic acids is 2. The Kier molecular flexibility index (Phi) is 6.09. The number of oxazole rings is 1. The molecule has 2 amide bonds. The number of thiazole rings is 1. The van der Waals surface area contributed by atoms with E-state index in [-0.39, 0.29) is 22.9 Å². The van der Waals surface area contributed by atoms with Gasteiger partial charge >= 0.3 is 0 Å². The maximum absolute atomic E-state index is 13.4. The summed E-state index contributed by atoms with van der Waals surface area (Å²) in [7, 11) is 0. The first-order valence-electron chi connectivity index (χ1n) is 10.3. The van der Waals surface area contributed by atoms with Crippen LogP contribution in [0.4, 0.5) is 0 Å². The van der Waals surface area contributed by atoms with Crippen molar-refractivity contribution in [3.63, 3.8) is 0 Å². The summed E-state index contributed by atoms with van der Waals surface area (Å²) in [6.45, 7) is 2.60. The summed E-state index contributed by atoms with van der Waals surface area (Å²) in [6, 6.07) is 12.6. The Balaban J connectivity index is 1.34. The largest absolute Gasteiger partial charge is 0.440 e. The van der Waals surface area contributed by atoms with Crippen molar-refractivity contribution in [1.29, 1.82) is 0 Å². The highest BCUT2D eigenvalue weighted by atomic mass is 35.5. The fourth-order valence-corrected chi connectivity index (χ4v) is 5.94. The summed E-state index contributed by atoms with van der Waals surface area (Å²) >= 11 is 9.19. The van der Waals surface area contributed by atoms with E-state index in [0.717, 1.165) is 16.0 Å². The molecule has 2 aromatic heterocycles. The molecule has 33 heavy (non-hydrogen) atoms. The average molecular weight is 499 g/mol. The monoisotopic (exact) mass is 498 g/mol. The zero-order chi connectivity index (χ0) is 22.9. The second kappa shape index (κ2) is 9.17. The van der Waals surface area contributed by atoms with Crippen LogP contribution in [0.25, 0.3) is 21.5 Å². The van der Waals surface area contributed by atoms with Gasteiger partial charge in [0.2, 0.25) is 0 Å². The minimum Gasteiger partial charge on any atom is -0.440 e. The molecule has 3 heterocycles. The second-order valence-electron chi connectivity index (χ2n) is 7.46. The topological polar surface area (TPSA) is 88.3 Å². The number of fused-ring (bicyclic) bond motifs is 1. The van der Waals surface area contributed by atoms with Crippen molar-refractivity contribution in [3.8, 4) is 11.3 Å². The molecule has 1 aliphatic heterocycles. The van der Waals surface area contributed by atoms with E-state index in [1.807, 2.05) is 18.2 Å². The van der Waals surface area contributed by atoms with E-state index in [4.69, 9.17) is 16.0 Å². The van der Waals surface area contributed by atoms with Crippen molar-refractivity contribution in [2.75, 3.05) is 18.8 Å². The zero-order valence-corrected chi connectivity index (χ0v) is 20.0. The van der Waals surface area contributed by atoms with Crippen molar-refractivity contribution in [2.45, 2.75) is 12.3 Å². The fourth-order valence-electron chi connectivity index (χ4n) is 3.80. The lowest BCUT2D eigenvalue weighted by Gasteiger charge is -2.23. The van der Waals surface area contributed by atoms with E-state index < -0.39 is 0 Å². The lowest BCUT2D eigenvalue weighted by molar-refractivity contribution is 0.0746. The zero-order valence-electron chi connectivity index (χ0n) is 17.6. The summed E-state index contributed by atoms with van der Waals surface area (Å²) in [4.78, 5) is 36.7. The quantitative estimate of drug-likeness (QED) is 0.423. The summed E-state index contributed by atoms with van der Waals surface area (Å²) in [5.41, 5.74) is 4.07. The van der Waals surface area contributed by atoms with Crippen molar-refractivity contribution in [2.24, 2.45) is 0 Å². The first-order chi connectivity index (χ1) is 16.0. The van der Waals surface area contributed by atoms with E-state index in [1.165, 1.54) is 11.3 Å². The average Bonchev–Trinajstić information content (AvgIpc) is 3.55. The first kappa shape index (κ1) is 21.9. The van der Waals surface area contributed by atoms with Crippen LogP contribution in [0.5, 0.6) is 0 Å². The maximum Gasteiger partial charge on any atom is 0.277 e. The van der Waals surface area contributed by atoms with Crippen LogP contribution in [-0.4, -0.2) is 50.9 Å². The molecule has 1 saturated heterocycles. The molecule has 1 aliphatic rings. The molecule has 1 atom stereocenters. The van der Waals surface area contributed by atoms with Crippen LogP contribution in [-0.2, 0) is 0 Å². The maximum atomic E-state index is 13.4. The Hall–Kier alpha value is -2.88. The van der Waals surface area contributed by atoms with Gasteiger partial charge in [-0.2, -0.15) is 0 Å². The van der Waals surface area contributed by atoms with E-state index >= 15 is 0 Å². The third-order valence-electron chi connectivity index (χ3n) is 5.31. The first-order valence-corrected chi connectivity index (χ1v) is 12.6. The number of thioether (sulfide) groups is 1. The molecule has 1 unspecified atom stereocenters. The summed E-state index contributed by atoms with van der Waals surface area (Å²) < 4.78 is 6.62. The Morgan fingerprint density at radius 3 is 2.97 bits per heavy atom. The number of aryl methyl sites for hydroxylation is 1.